The first-order valence-corrected chi connectivity index (χ1v) is 7.46. The van der Waals surface area contributed by atoms with E-state index in [1.807, 2.05) is 36.4 Å². The second-order valence-electron chi connectivity index (χ2n) is 4.62. The second-order valence-corrected chi connectivity index (χ2v) is 5.65. The first kappa shape index (κ1) is 13.2. The van der Waals surface area contributed by atoms with Crippen LogP contribution < -0.4 is 5.32 Å². The summed E-state index contributed by atoms with van der Waals surface area (Å²) in [6.45, 7) is 0.813. The molecule has 0 spiro atoms. The number of thiophene rings is 1. The predicted molar refractivity (Wildman–Crippen MR) is 82.7 cm³/mol. The minimum Gasteiger partial charge on any atom is -0.394 e. The maximum Gasteiger partial charge on any atom is 0.0750 e. The first-order chi connectivity index (χ1) is 9.88. The Bertz CT molecular complexity index is 677. The van der Waals surface area contributed by atoms with Crippen molar-refractivity contribution in [1.82, 2.24) is 10.3 Å². The van der Waals surface area contributed by atoms with Gasteiger partial charge in [-0.3, -0.25) is 4.98 Å². The summed E-state index contributed by atoms with van der Waals surface area (Å²) in [7, 11) is 0. The number of nitrogens with one attached hydrogen (secondary N) is 1. The van der Waals surface area contributed by atoms with Crippen molar-refractivity contribution < 1.29 is 5.11 Å². The quantitative estimate of drug-likeness (QED) is 0.756. The molecule has 3 aromatic rings. The van der Waals surface area contributed by atoms with Gasteiger partial charge in [-0.1, -0.05) is 30.3 Å². The van der Waals surface area contributed by atoms with Crippen LogP contribution in [0.15, 0.2) is 54.0 Å². The monoisotopic (exact) mass is 284 g/mol. The van der Waals surface area contributed by atoms with Crippen LogP contribution >= 0.6 is 11.3 Å². The molecule has 0 aliphatic heterocycles. The van der Waals surface area contributed by atoms with Gasteiger partial charge in [0.15, 0.2) is 0 Å². The Kier molecular flexibility index (Phi) is 4.06. The fourth-order valence-corrected chi connectivity index (χ4v) is 2.97. The molecule has 2 heterocycles. The average molecular weight is 284 g/mol. The number of rotatable bonds is 5. The lowest BCUT2D eigenvalue weighted by Crippen LogP contribution is -2.24. The van der Waals surface area contributed by atoms with Gasteiger partial charge in [0, 0.05) is 23.0 Å². The molecule has 4 heteroatoms. The van der Waals surface area contributed by atoms with Crippen molar-refractivity contribution in [3.05, 3.63) is 64.5 Å². The molecule has 0 aliphatic carbocycles. The number of para-hydroxylation sites is 1. The highest BCUT2D eigenvalue weighted by Crippen LogP contribution is 2.22. The van der Waals surface area contributed by atoms with Crippen molar-refractivity contribution in [2.24, 2.45) is 0 Å². The molecule has 0 saturated carbocycles. The van der Waals surface area contributed by atoms with Crippen molar-refractivity contribution in [3.63, 3.8) is 0 Å². The van der Waals surface area contributed by atoms with Crippen LogP contribution in [-0.2, 0) is 6.54 Å². The Balaban J connectivity index is 1.87. The van der Waals surface area contributed by atoms with Gasteiger partial charge in [0.05, 0.1) is 18.2 Å². The molecule has 0 aliphatic rings. The number of aliphatic hydroxyl groups is 1. The molecule has 102 valence electrons. The number of hydrogen-bond acceptors (Lipinski definition) is 4. The van der Waals surface area contributed by atoms with E-state index in [1.54, 1.807) is 17.5 Å². The zero-order valence-electron chi connectivity index (χ0n) is 11.0. The number of benzene rings is 1. The highest BCUT2D eigenvalue weighted by atomic mass is 32.1. The topological polar surface area (TPSA) is 45.1 Å². The lowest BCUT2D eigenvalue weighted by Gasteiger charge is -2.17. The van der Waals surface area contributed by atoms with Gasteiger partial charge in [0.1, 0.15) is 0 Å². The molecule has 3 rings (SSSR count). The summed E-state index contributed by atoms with van der Waals surface area (Å²) in [5, 5.41) is 16.2. The van der Waals surface area contributed by atoms with Gasteiger partial charge in [-0.05, 0) is 23.1 Å². The molecule has 0 saturated heterocycles. The van der Waals surface area contributed by atoms with Crippen molar-refractivity contribution in [2.75, 3.05) is 6.61 Å². The van der Waals surface area contributed by atoms with Crippen molar-refractivity contribution in [1.29, 1.82) is 0 Å². The van der Waals surface area contributed by atoms with Crippen LogP contribution in [0.2, 0.25) is 0 Å². The average Bonchev–Trinajstić information content (AvgIpc) is 3.01. The Morgan fingerprint density at radius 2 is 2.05 bits per heavy atom. The van der Waals surface area contributed by atoms with Crippen LogP contribution in [0.4, 0.5) is 0 Å². The molecule has 3 nitrogen and oxygen atoms in total. The number of hydrogen-bond donors (Lipinski definition) is 2. The number of nitrogens with zero attached hydrogens (tertiary/aromatic N) is 1. The summed E-state index contributed by atoms with van der Waals surface area (Å²) in [4.78, 5) is 5.71. The van der Waals surface area contributed by atoms with E-state index in [2.05, 4.69) is 21.7 Å². The van der Waals surface area contributed by atoms with E-state index < -0.39 is 0 Å². The van der Waals surface area contributed by atoms with E-state index in [0.717, 1.165) is 23.0 Å². The van der Waals surface area contributed by atoms with Crippen LogP contribution in [0.5, 0.6) is 0 Å². The van der Waals surface area contributed by atoms with Crippen molar-refractivity contribution in [3.8, 4) is 0 Å². The zero-order chi connectivity index (χ0) is 13.8. The maximum atomic E-state index is 9.68. The largest absolute Gasteiger partial charge is 0.394 e. The van der Waals surface area contributed by atoms with E-state index in [-0.39, 0.29) is 12.6 Å². The summed E-state index contributed by atoms with van der Waals surface area (Å²) in [6, 6.07) is 14.1. The van der Waals surface area contributed by atoms with E-state index in [0.29, 0.717) is 0 Å². The normalized spacial score (nSPS) is 12.7. The van der Waals surface area contributed by atoms with Crippen LogP contribution in [0.3, 0.4) is 0 Å². The number of pyridine rings is 1. The molecular weight excluding hydrogens is 268 g/mol. The predicted octanol–water partition coefficient (Wildman–Crippen LogP) is 3.12. The van der Waals surface area contributed by atoms with Gasteiger partial charge in [-0.25, -0.2) is 0 Å². The summed E-state index contributed by atoms with van der Waals surface area (Å²) in [6.07, 6.45) is 1.79. The Morgan fingerprint density at radius 3 is 2.85 bits per heavy atom. The minimum absolute atomic E-state index is 0.0566. The third-order valence-electron chi connectivity index (χ3n) is 3.32. The molecule has 20 heavy (non-hydrogen) atoms. The highest BCUT2D eigenvalue weighted by Gasteiger charge is 2.13. The molecule has 0 amide bonds. The zero-order valence-corrected chi connectivity index (χ0v) is 11.8. The number of fused-ring (bicyclic) bond motifs is 1. The third-order valence-corrected chi connectivity index (χ3v) is 4.20. The van der Waals surface area contributed by atoms with Gasteiger partial charge < -0.3 is 10.4 Å². The molecule has 0 radical (unpaired) electrons. The smallest absolute Gasteiger partial charge is 0.0750 e. The van der Waals surface area contributed by atoms with Gasteiger partial charge in [-0.15, -0.1) is 11.3 Å². The van der Waals surface area contributed by atoms with E-state index in [9.17, 15) is 5.11 Å². The minimum atomic E-state index is -0.101. The van der Waals surface area contributed by atoms with Crippen LogP contribution in [-0.4, -0.2) is 16.7 Å². The third kappa shape index (κ3) is 2.72. The lowest BCUT2D eigenvalue weighted by molar-refractivity contribution is 0.244. The molecule has 1 unspecified atom stereocenters. The lowest BCUT2D eigenvalue weighted by atomic mass is 10.0. The van der Waals surface area contributed by atoms with Crippen LogP contribution in [0.1, 0.15) is 16.5 Å². The number of aliphatic hydroxyl groups excluding tert-OH is 1. The standard InChI is InChI=1S/C16H16N2OS/c19-11-15(18-10-13-6-3-9-20-13)14-7-1-4-12-5-2-8-17-16(12)14/h1-9,15,18-19H,10-11H2. The molecule has 1 aromatic carbocycles. The summed E-state index contributed by atoms with van der Waals surface area (Å²) in [5.41, 5.74) is 2.00. The highest BCUT2D eigenvalue weighted by molar-refractivity contribution is 7.09. The Morgan fingerprint density at radius 1 is 1.15 bits per heavy atom. The summed E-state index contributed by atoms with van der Waals surface area (Å²) >= 11 is 1.71. The molecule has 0 bridgehead atoms. The molecule has 2 aromatic heterocycles. The second kappa shape index (κ2) is 6.13. The number of aromatic nitrogens is 1. The fraction of sp³-hybridized carbons (Fsp3) is 0.188. The van der Waals surface area contributed by atoms with Gasteiger partial charge >= 0.3 is 0 Å². The van der Waals surface area contributed by atoms with Crippen molar-refractivity contribution >= 4 is 22.2 Å². The Labute approximate surface area is 121 Å². The van der Waals surface area contributed by atoms with Crippen LogP contribution in [0.25, 0.3) is 10.9 Å². The molecular formula is C16H16N2OS. The van der Waals surface area contributed by atoms with Gasteiger partial charge in [0.25, 0.3) is 0 Å². The van der Waals surface area contributed by atoms with E-state index in [1.165, 1.54) is 4.88 Å². The summed E-state index contributed by atoms with van der Waals surface area (Å²) < 4.78 is 0. The molecule has 0 fully saturated rings. The van der Waals surface area contributed by atoms with Crippen LogP contribution in [0, 0.1) is 0 Å². The SMILES string of the molecule is OCC(NCc1cccs1)c1cccc2cccnc12. The first-order valence-electron chi connectivity index (χ1n) is 6.59. The van der Waals surface area contributed by atoms with Crippen molar-refractivity contribution in [2.45, 2.75) is 12.6 Å². The van der Waals surface area contributed by atoms with Gasteiger partial charge in [0.2, 0.25) is 0 Å². The summed E-state index contributed by atoms with van der Waals surface area (Å²) in [5.74, 6) is 0. The molecule has 1 atom stereocenters. The molecule has 2 N–H and O–H groups in total. The van der Waals surface area contributed by atoms with Gasteiger partial charge in [-0.2, -0.15) is 0 Å². The van der Waals surface area contributed by atoms with E-state index in [4.69, 9.17) is 0 Å². The van der Waals surface area contributed by atoms with E-state index >= 15 is 0 Å². The Hall–Kier alpha value is -1.75. The fourth-order valence-electron chi connectivity index (χ4n) is 2.32. The maximum absolute atomic E-state index is 9.68.